The van der Waals surface area contributed by atoms with Crippen LogP contribution in [-0.4, -0.2) is 18.4 Å². The molecule has 25 heavy (non-hydrogen) atoms. The van der Waals surface area contributed by atoms with Gasteiger partial charge in [0.1, 0.15) is 11.5 Å². The Morgan fingerprint density at radius 1 is 0.880 bits per heavy atom. The lowest BCUT2D eigenvalue weighted by molar-refractivity contribution is -0.136. The molecule has 0 aliphatic rings. The second-order valence-corrected chi connectivity index (χ2v) is 5.54. The van der Waals surface area contributed by atoms with Crippen molar-refractivity contribution >= 4 is 22.5 Å². The number of ether oxygens (including phenoxy) is 2. The van der Waals surface area contributed by atoms with E-state index in [-0.39, 0.29) is 12.4 Å². The van der Waals surface area contributed by atoms with Crippen LogP contribution in [0.4, 0.5) is 0 Å². The maximum absolute atomic E-state index is 12.0. The van der Waals surface area contributed by atoms with Crippen LogP contribution in [-0.2, 0) is 4.79 Å². The van der Waals surface area contributed by atoms with E-state index in [1.165, 1.54) is 0 Å². The van der Waals surface area contributed by atoms with Gasteiger partial charge >= 0.3 is 5.97 Å². The summed E-state index contributed by atoms with van der Waals surface area (Å²) in [4.78, 5) is 23.6. The zero-order valence-electron chi connectivity index (χ0n) is 13.9. The van der Waals surface area contributed by atoms with Gasteiger partial charge in [0, 0.05) is 17.4 Å². The molecular formula is C21H18O4. The van der Waals surface area contributed by atoms with Crippen molar-refractivity contribution < 1.29 is 19.1 Å². The van der Waals surface area contributed by atoms with Gasteiger partial charge in [0.2, 0.25) is 0 Å². The second kappa shape index (κ2) is 7.62. The zero-order chi connectivity index (χ0) is 17.6. The molecule has 0 N–H and O–H groups in total. The Labute approximate surface area is 146 Å². The summed E-state index contributed by atoms with van der Waals surface area (Å²) in [6.07, 6.45) is 0.442. The minimum absolute atomic E-state index is 0.0529. The Kier molecular flexibility index (Phi) is 5.09. The Hall–Kier alpha value is -3.14. The first kappa shape index (κ1) is 16.7. The molecule has 0 aliphatic carbocycles. The van der Waals surface area contributed by atoms with Crippen LogP contribution in [0.3, 0.4) is 0 Å². The fourth-order valence-electron chi connectivity index (χ4n) is 2.53. The maximum atomic E-state index is 12.0. The van der Waals surface area contributed by atoms with E-state index in [2.05, 4.69) is 0 Å². The van der Waals surface area contributed by atoms with E-state index in [1.54, 1.807) is 31.2 Å². The van der Waals surface area contributed by atoms with E-state index in [4.69, 9.17) is 9.47 Å². The monoisotopic (exact) mass is 334 g/mol. The third-order valence-electron chi connectivity index (χ3n) is 3.82. The van der Waals surface area contributed by atoms with Crippen LogP contribution in [0.5, 0.6) is 11.5 Å². The largest absolute Gasteiger partial charge is 0.481 e. The first-order valence-corrected chi connectivity index (χ1v) is 8.12. The Morgan fingerprint density at radius 3 is 2.36 bits per heavy atom. The molecule has 126 valence electrons. The van der Waals surface area contributed by atoms with Gasteiger partial charge < -0.3 is 9.47 Å². The minimum Gasteiger partial charge on any atom is -0.481 e. The van der Waals surface area contributed by atoms with Gasteiger partial charge in [0.25, 0.3) is 0 Å². The van der Waals surface area contributed by atoms with Gasteiger partial charge in [-0.25, -0.2) is 4.79 Å². The second-order valence-electron chi connectivity index (χ2n) is 5.54. The minimum atomic E-state index is -0.498. The third-order valence-corrected chi connectivity index (χ3v) is 3.82. The van der Waals surface area contributed by atoms with Crippen molar-refractivity contribution in [3.05, 3.63) is 72.3 Å². The van der Waals surface area contributed by atoms with Gasteiger partial charge in [-0.05, 0) is 35.7 Å². The molecule has 0 amide bonds. The van der Waals surface area contributed by atoms with Crippen LogP contribution < -0.4 is 9.47 Å². The van der Waals surface area contributed by atoms with E-state index in [1.807, 2.05) is 42.5 Å². The summed E-state index contributed by atoms with van der Waals surface area (Å²) < 4.78 is 10.8. The van der Waals surface area contributed by atoms with Gasteiger partial charge in [-0.1, -0.05) is 43.3 Å². The number of carbonyl (C=O) groups is 2. The number of rotatable bonds is 6. The first-order chi connectivity index (χ1) is 12.2. The molecule has 4 heteroatoms. The van der Waals surface area contributed by atoms with Crippen molar-refractivity contribution in [1.29, 1.82) is 0 Å². The highest BCUT2D eigenvalue weighted by Crippen LogP contribution is 2.25. The summed E-state index contributed by atoms with van der Waals surface area (Å²) >= 11 is 0. The molecule has 4 nitrogen and oxygen atoms in total. The molecule has 0 spiro atoms. The van der Waals surface area contributed by atoms with E-state index < -0.39 is 5.97 Å². The van der Waals surface area contributed by atoms with Gasteiger partial charge in [0.15, 0.2) is 12.4 Å². The average molecular weight is 334 g/mol. The Bertz CT molecular complexity index is 892. The number of benzene rings is 3. The zero-order valence-corrected chi connectivity index (χ0v) is 13.9. The quantitative estimate of drug-likeness (QED) is 0.380. The molecule has 0 aliphatic heterocycles. The number of carbonyl (C=O) groups excluding carboxylic acids is 2. The van der Waals surface area contributed by atoms with Crippen LogP contribution in [0.15, 0.2) is 66.7 Å². The molecule has 3 aromatic carbocycles. The number of hydrogen-bond donors (Lipinski definition) is 0. The molecule has 3 rings (SSSR count). The standard InChI is InChI=1S/C21H18O4/c1-2-19(22)16-10-12-17(13-11-16)25-21(23)14-24-20-9-5-7-15-6-3-4-8-18(15)20/h3-13H,2,14H2,1H3. The normalized spacial score (nSPS) is 10.4. The summed E-state index contributed by atoms with van der Waals surface area (Å²) in [5, 5.41) is 1.99. The molecule has 0 atom stereocenters. The van der Waals surface area contributed by atoms with Crippen LogP contribution in [0.25, 0.3) is 10.8 Å². The molecule has 0 bridgehead atoms. The Morgan fingerprint density at radius 2 is 1.60 bits per heavy atom. The molecular weight excluding hydrogens is 316 g/mol. The maximum Gasteiger partial charge on any atom is 0.349 e. The fourth-order valence-corrected chi connectivity index (χ4v) is 2.53. The van der Waals surface area contributed by atoms with E-state index >= 15 is 0 Å². The van der Waals surface area contributed by atoms with Gasteiger partial charge in [0.05, 0.1) is 0 Å². The Balaban J connectivity index is 1.62. The molecule has 0 saturated heterocycles. The number of esters is 1. The average Bonchev–Trinajstić information content (AvgIpc) is 2.66. The molecule has 0 unspecified atom stereocenters. The fraction of sp³-hybridized carbons (Fsp3) is 0.143. The van der Waals surface area contributed by atoms with Gasteiger partial charge in [-0.2, -0.15) is 0 Å². The van der Waals surface area contributed by atoms with Crippen LogP contribution in [0, 0.1) is 0 Å². The van der Waals surface area contributed by atoms with Gasteiger partial charge in [-0.3, -0.25) is 4.79 Å². The summed E-state index contributed by atoms with van der Waals surface area (Å²) in [7, 11) is 0. The third kappa shape index (κ3) is 4.04. The first-order valence-electron chi connectivity index (χ1n) is 8.12. The highest BCUT2D eigenvalue weighted by molar-refractivity contribution is 5.96. The van der Waals surface area contributed by atoms with Crippen molar-refractivity contribution in [1.82, 2.24) is 0 Å². The topological polar surface area (TPSA) is 52.6 Å². The lowest BCUT2D eigenvalue weighted by atomic mass is 10.1. The predicted octanol–water partition coefficient (Wildman–Crippen LogP) is 4.42. The smallest absolute Gasteiger partial charge is 0.349 e. The number of fused-ring (bicyclic) bond motifs is 1. The molecule has 3 aromatic rings. The van der Waals surface area contributed by atoms with E-state index in [0.717, 1.165) is 10.8 Å². The summed E-state index contributed by atoms with van der Waals surface area (Å²) in [6.45, 7) is 1.62. The molecule has 0 fully saturated rings. The number of hydrogen-bond acceptors (Lipinski definition) is 4. The van der Waals surface area contributed by atoms with Crippen molar-refractivity contribution in [3.8, 4) is 11.5 Å². The molecule has 0 saturated carbocycles. The van der Waals surface area contributed by atoms with Crippen molar-refractivity contribution in [2.24, 2.45) is 0 Å². The summed E-state index contributed by atoms with van der Waals surface area (Å²) in [5.41, 5.74) is 0.606. The molecule has 0 radical (unpaired) electrons. The predicted molar refractivity (Wildman–Crippen MR) is 96.1 cm³/mol. The van der Waals surface area contributed by atoms with E-state index in [0.29, 0.717) is 23.5 Å². The number of ketones is 1. The molecule has 0 aromatic heterocycles. The van der Waals surface area contributed by atoms with E-state index in [9.17, 15) is 9.59 Å². The summed E-state index contributed by atoms with van der Waals surface area (Å²) in [5.74, 6) is 0.581. The summed E-state index contributed by atoms with van der Waals surface area (Å²) in [6, 6.07) is 20.0. The number of Topliss-reactive ketones (excluding diaryl/α,β-unsaturated/α-hetero) is 1. The molecule has 0 heterocycles. The van der Waals surface area contributed by atoms with Crippen molar-refractivity contribution in [3.63, 3.8) is 0 Å². The van der Waals surface area contributed by atoms with Crippen molar-refractivity contribution in [2.45, 2.75) is 13.3 Å². The highest BCUT2D eigenvalue weighted by atomic mass is 16.6. The van der Waals surface area contributed by atoms with Gasteiger partial charge in [-0.15, -0.1) is 0 Å². The van der Waals surface area contributed by atoms with Crippen molar-refractivity contribution in [2.75, 3.05) is 6.61 Å². The lowest BCUT2D eigenvalue weighted by Crippen LogP contribution is -2.17. The SMILES string of the molecule is CCC(=O)c1ccc(OC(=O)COc2cccc3ccccc23)cc1. The van der Waals surface area contributed by atoms with Crippen LogP contribution >= 0.6 is 0 Å². The lowest BCUT2D eigenvalue weighted by Gasteiger charge is -2.09. The highest BCUT2D eigenvalue weighted by Gasteiger charge is 2.09. The van der Waals surface area contributed by atoms with Crippen LogP contribution in [0.2, 0.25) is 0 Å². The van der Waals surface area contributed by atoms with Crippen LogP contribution in [0.1, 0.15) is 23.7 Å².